The highest BCUT2D eigenvalue weighted by atomic mass is 19.3. The summed E-state index contributed by atoms with van der Waals surface area (Å²) >= 11 is 0. The predicted octanol–water partition coefficient (Wildman–Crippen LogP) is 1.77. The fourth-order valence-corrected chi connectivity index (χ4v) is 0.908. The molecule has 0 aliphatic rings. The summed E-state index contributed by atoms with van der Waals surface area (Å²) in [5.41, 5.74) is 0.0191. The van der Waals surface area contributed by atoms with Gasteiger partial charge in [0.2, 0.25) is 0 Å². The molecule has 0 heterocycles. The first-order valence-electron chi connectivity index (χ1n) is 3.97. The molecular formula is C10H7F3O2. The molecule has 0 radical (unpaired) electrons. The Balaban J connectivity index is 2.88. The van der Waals surface area contributed by atoms with Crippen LogP contribution in [0.5, 0.6) is 5.75 Å². The molecule has 0 spiro atoms. The van der Waals surface area contributed by atoms with Crippen LogP contribution in [0.3, 0.4) is 0 Å². The Bertz CT molecular complexity index is 393. The van der Waals surface area contributed by atoms with Gasteiger partial charge in [-0.05, 0) is 12.1 Å². The highest BCUT2D eigenvalue weighted by molar-refractivity contribution is 5.39. The minimum absolute atomic E-state index is 0.0191. The van der Waals surface area contributed by atoms with Crippen molar-refractivity contribution in [3.8, 4) is 17.6 Å². The number of rotatable bonds is 2. The van der Waals surface area contributed by atoms with Crippen LogP contribution in [-0.4, -0.2) is 18.3 Å². The first-order chi connectivity index (χ1) is 7.13. The van der Waals surface area contributed by atoms with Crippen LogP contribution in [0.15, 0.2) is 18.2 Å². The zero-order valence-electron chi connectivity index (χ0n) is 7.51. The average Bonchev–Trinajstić information content (AvgIpc) is 2.15. The van der Waals surface area contributed by atoms with Gasteiger partial charge in [0, 0.05) is 6.07 Å². The second-order valence-corrected chi connectivity index (χ2v) is 2.48. The zero-order chi connectivity index (χ0) is 11.3. The molecule has 0 atom stereocenters. The van der Waals surface area contributed by atoms with Gasteiger partial charge in [0.25, 0.3) is 0 Å². The van der Waals surface area contributed by atoms with Gasteiger partial charge in [0.15, 0.2) is 0 Å². The fourth-order valence-electron chi connectivity index (χ4n) is 0.908. The van der Waals surface area contributed by atoms with Gasteiger partial charge in [-0.3, -0.25) is 0 Å². The molecule has 0 fully saturated rings. The van der Waals surface area contributed by atoms with E-state index in [9.17, 15) is 13.2 Å². The molecule has 5 heteroatoms. The Morgan fingerprint density at radius 1 is 1.40 bits per heavy atom. The fraction of sp³-hybridized carbons (Fsp3) is 0.200. The minimum Gasteiger partial charge on any atom is -0.435 e. The molecule has 0 aliphatic heterocycles. The third-order valence-corrected chi connectivity index (χ3v) is 1.47. The number of ether oxygens (including phenoxy) is 1. The molecule has 0 saturated heterocycles. The van der Waals surface area contributed by atoms with Crippen LogP contribution in [0, 0.1) is 17.7 Å². The quantitative estimate of drug-likeness (QED) is 0.763. The van der Waals surface area contributed by atoms with Crippen LogP contribution in [0.2, 0.25) is 0 Å². The van der Waals surface area contributed by atoms with E-state index >= 15 is 0 Å². The predicted molar refractivity (Wildman–Crippen MR) is 47.0 cm³/mol. The van der Waals surface area contributed by atoms with Crippen molar-refractivity contribution in [3.05, 3.63) is 29.6 Å². The third kappa shape index (κ3) is 3.52. The Labute approximate surface area is 84.3 Å². The van der Waals surface area contributed by atoms with Gasteiger partial charge >= 0.3 is 6.61 Å². The normalized spacial score (nSPS) is 9.67. The molecule has 2 nitrogen and oxygen atoms in total. The Morgan fingerprint density at radius 2 is 2.13 bits per heavy atom. The van der Waals surface area contributed by atoms with Crippen molar-refractivity contribution in [2.75, 3.05) is 6.61 Å². The molecule has 1 N–H and O–H groups in total. The lowest BCUT2D eigenvalue weighted by Crippen LogP contribution is -2.02. The molecule has 80 valence electrons. The van der Waals surface area contributed by atoms with E-state index in [1.807, 2.05) is 0 Å². The Kier molecular flexibility index (Phi) is 4.01. The summed E-state index contributed by atoms with van der Waals surface area (Å²) in [4.78, 5) is 0. The van der Waals surface area contributed by atoms with Crippen molar-refractivity contribution >= 4 is 0 Å². The van der Waals surface area contributed by atoms with Crippen LogP contribution in [0.1, 0.15) is 5.56 Å². The minimum atomic E-state index is -2.99. The smallest absolute Gasteiger partial charge is 0.387 e. The number of aliphatic hydroxyl groups excluding tert-OH is 1. The van der Waals surface area contributed by atoms with E-state index in [2.05, 4.69) is 16.6 Å². The summed E-state index contributed by atoms with van der Waals surface area (Å²) in [5, 5.41) is 8.37. The van der Waals surface area contributed by atoms with Gasteiger partial charge in [-0.1, -0.05) is 11.8 Å². The van der Waals surface area contributed by atoms with E-state index in [1.54, 1.807) is 0 Å². The molecule has 0 bridgehead atoms. The van der Waals surface area contributed by atoms with Crippen LogP contribution in [0.4, 0.5) is 13.2 Å². The van der Waals surface area contributed by atoms with E-state index < -0.39 is 19.0 Å². The molecule has 1 aromatic carbocycles. The zero-order valence-corrected chi connectivity index (χ0v) is 7.51. The lowest BCUT2D eigenvalue weighted by Gasteiger charge is -2.04. The molecule has 1 rings (SSSR count). The highest BCUT2D eigenvalue weighted by Gasteiger charge is 2.06. The molecule has 0 aromatic heterocycles. The lowest BCUT2D eigenvalue weighted by molar-refractivity contribution is -0.0500. The van der Waals surface area contributed by atoms with Crippen LogP contribution < -0.4 is 4.74 Å². The number of hydrogen-bond donors (Lipinski definition) is 1. The largest absolute Gasteiger partial charge is 0.435 e. The molecule has 0 unspecified atom stereocenters. The standard InChI is InChI=1S/C10H7F3O2/c11-9-6-8(15-10(12)13)4-3-7(9)2-1-5-14/h3-4,6,10,14H,5H2. The van der Waals surface area contributed by atoms with E-state index in [1.165, 1.54) is 12.1 Å². The van der Waals surface area contributed by atoms with Gasteiger partial charge in [-0.25, -0.2) is 4.39 Å². The lowest BCUT2D eigenvalue weighted by atomic mass is 10.2. The van der Waals surface area contributed by atoms with Crippen molar-refractivity contribution in [2.45, 2.75) is 6.61 Å². The van der Waals surface area contributed by atoms with E-state index in [0.717, 1.165) is 6.07 Å². The molecule has 0 saturated carbocycles. The van der Waals surface area contributed by atoms with Gasteiger partial charge in [0.1, 0.15) is 18.2 Å². The Morgan fingerprint density at radius 3 is 2.67 bits per heavy atom. The molecule has 0 amide bonds. The van der Waals surface area contributed by atoms with Crippen LogP contribution in [0.25, 0.3) is 0 Å². The third-order valence-electron chi connectivity index (χ3n) is 1.47. The van der Waals surface area contributed by atoms with Gasteiger partial charge < -0.3 is 9.84 Å². The molecule has 1 aromatic rings. The van der Waals surface area contributed by atoms with Gasteiger partial charge in [0.05, 0.1) is 5.56 Å². The highest BCUT2D eigenvalue weighted by Crippen LogP contribution is 2.17. The van der Waals surface area contributed by atoms with Gasteiger partial charge in [-0.2, -0.15) is 8.78 Å². The maximum absolute atomic E-state index is 13.1. The van der Waals surface area contributed by atoms with E-state index in [0.29, 0.717) is 0 Å². The van der Waals surface area contributed by atoms with Gasteiger partial charge in [-0.15, -0.1) is 0 Å². The van der Waals surface area contributed by atoms with Crippen molar-refractivity contribution < 1.29 is 23.0 Å². The number of hydrogen-bond acceptors (Lipinski definition) is 2. The number of benzene rings is 1. The summed E-state index contributed by atoms with van der Waals surface area (Å²) < 4.78 is 40.6. The van der Waals surface area contributed by atoms with Crippen LogP contribution >= 0.6 is 0 Å². The van der Waals surface area contributed by atoms with Crippen molar-refractivity contribution in [3.63, 3.8) is 0 Å². The Hall–Kier alpha value is -1.67. The maximum Gasteiger partial charge on any atom is 0.387 e. The monoisotopic (exact) mass is 216 g/mol. The number of halogens is 3. The summed E-state index contributed by atoms with van der Waals surface area (Å²) in [7, 11) is 0. The summed E-state index contributed by atoms with van der Waals surface area (Å²) in [6.07, 6.45) is 0. The second kappa shape index (κ2) is 5.27. The van der Waals surface area contributed by atoms with E-state index in [-0.39, 0.29) is 11.3 Å². The molecular weight excluding hydrogens is 209 g/mol. The van der Waals surface area contributed by atoms with E-state index in [4.69, 9.17) is 5.11 Å². The van der Waals surface area contributed by atoms with Crippen molar-refractivity contribution in [2.24, 2.45) is 0 Å². The summed E-state index contributed by atoms with van der Waals surface area (Å²) in [5.74, 6) is 3.53. The number of aliphatic hydroxyl groups is 1. The maximum atomic E-state index is 13.1. The van der Waals surface area contributed by atoms with Crippen molar-refractivity contribution in [1.82, 2.24) is 0 Å². The first-order valence-corrected chi connectivity index (χ1v) is 3.97. The average molecular weight is 216 g/mol. The topological polar surface area (TPSA) is 29.5 Å². The van der Waals surface area contributed by atoms with Crippen molar-refractivity contribution in [1.29, 1.82) is 0 Å². The number of alkyl halides is 2. The molecule has 0 aliphatic carbocycles. The van der Waals surface area contributed by atoms with Crippen LogP contribution in [-0.2, 0) is 0 Å². The molecule has 15 heavy (non-hydrogen) atoms. The summed E-state index contributed by atoms with van der Waals surface area (Å²) in [6.45, 7) is -3.38. The SMILES string of the molecule is OCC#Cc1ccc(OC(F)F)cc1F. The second-order valence-electron chi connectivity index (χ2n) is 2.48. The first kappa shape index (κ1) is 11.4. The summed E-state index contributed by atoms with van der Waals surface area (Å²) in [6, 6.07) is 3.19.